The van der Waals surface area contributed by atoms with Crippen molar-refractivity contribution in [3.63, 3.8) is 0 Å². The molecule has 0 aliphatic rings. The topological polar surface area (TPSA) is 68.3 Å². The van der Waals surface area contributed by atoms with Crippen molar-refractivity contribution in [2.24, 2.45) is 0 Å². The molecule has 0 atom stereocenters. The number of hydrogen-bond donors (Lipinski definition) is 1. The van der Waals surface area contributed by atoms with E-state index in [0.29, 0.717) is 16.5 Å². The molecule has 0 aliphatic heterocycles. The predicted octanol–water partition coefficient (Wildman–Crippen LogP) is 5.27. The highest BCUT2D eigenvalue weighted by Crippen LogP contribution is 2.25. The summed E-state index contributed by atoms with van der Waals surface area (Å²) in [7, 11) is -3.70. The minimum absolute atomic E-state index is 0.144. The lowest BCUT2D eigenvalue weighted by Crippen LogP contribution is -2.13. The molecule has 4 rings (SSSR count). The monoisotopic (exact) mass is 424 g/mol. The van der Waals surface area contributed by atoms with E-state index < -0.39 is 10.0 Å². The van der Waals surface area contributed by atoms with Crippen LogP contribution in [0.5, 0.6) is 5.75 Å². The molecule has 0 saturated carbocycles. The maximum Gasteiger partial charge on any atom is 0.261 e. The molecule has 0 bridgehead atoms. The Hall–Kier alpha value is -3.09. The van der Waals surface area contributed by atoms with Crippen LogP contribution in [-0.4, -0.2) is 13.4 Å². The number of para-hydroxylation sites is 1. The maximum absolute atomic E-state index is 12.6. The number of fused-ring (bicyclic) bond motifs is 1. The molecule has 0 aliphatic carbocycles. The van der Waals surface area contributed by atoms with Gasteiger partial charge in [0.2, 0.25) is 0 Å². The van der Waals surface area contributed by atoms with Gasteiger partial charge in [0.25, 0.3) is 10.0 Å². The molecule has 0 amide bonds. The quantitative estimate of drug-likeness (QED) is 0.458. The summed E-state index contributed by atoms with van der Waals surface area (Å²) < 4.78 is 33.6. The van der Waals surface area contributed by atoms with E-state index in [4.69, 9.17) is 16.3 Å². The molecule has 4 aromatic rings. The number of pyridine rings is 1. The van der Waals surface area contributed by atoms with Gasteiger partial charge in [-0.3, -0.25) is 9.71 Å². The van der Waals surface area contributed by atoms with Crippen LogP contribution < -0.4 is 9.46 Å². The van der Waals surface area contributed by atoms with Crippen LogP contribution in [0.2, 0.25) is 5.02 Å². The molecule has 1 heterocycles. The van der Waals surface area contributed by atoms with Gasteiger partial charge in [-0.15, -0.1) is 0 Å². The maximum atomic E-state index is 12.6. The summed E-state index contributed by atoms with van der Waals surface area (Å²) in [5, 5.41) is 1.47. The molecule has 0 spiro atoms. The lowest BCUT2D eigenvalue weighted by atomic mass is 10.2. The molecule has 146 valence electrons. The number of aromatic nitrogens is 1. The minimum Gasteiger partial charge on any atom is -0.487 e. The zero-order chi connectivity index (χ0) is 20.3. The third kappa shape index (κ3) is 4.50. The molecular weight excluding hydrogens is 408 g/mol. The van der Waals surface area contributed by atoms with E-state index >= 15 is 0 Å². The average molecular weight is 425 g/mol. The number of benzene rings is 3. The molecule has 0 radical (unpaired) electrons. The standard InChI is InChI=1S/C22H17ClN2O3S/c23-18-9-11-20(12-10-18)29(26,27)25-19-7-1-4-16(14-19)15-28-21-8-2-5-17-6-3-13-24-22(17)21/h1-14,25H,15H2. The van der Waals surface area contributed by atoms with Crippen LogP contribution in [-0.2, 0) is 16.6 Å². The predicted molar refractivity (Wildman–Crippen MR) is 115 cm³/mol. The lowest BCUT2D eigenvalue weighted by molar-refractivity contribution is 0.309. The second-order valence-electron chi connectivity index (χ2n) is 6.38. The van der Waals surface area contributed by atoms with Crippen molar-refractivity contribution < 1.29 is 13.2 Å². The summed E-state index contributed by atoms with van der Waals surface area (Å²) in [6.45, 7) is 0.284. The summed E-state index contributed by atoms with van der Waals surface area (Å²) >= 11 is 5.83. The number of halogens is 1. The third-order valence-corrected chi connectivity index (χ3v) is 5.94. The second kappa shape index (κ2) is 8.11. The lowest BCUT2D eigenvalue weighted by Gasteiger charge is -2.11. The zero-order valence-electron chi connectivity index (χ0n) is 15.2. The van der Waals surface area contributed by atoms with Crippen molar-refractivity contribution in [3.05, 3.63) is 95.6 Å². The first-order valence-electron chi connectivity index (χ1n) is 8.85. The van der Waals surface area contributed by atoms with E-state index in [9.17, 15) is 8.42 Å². The number of rotatable bonds is 6. The Morgan fingerprint density at radius 1 is 0.931 bits per heavy atom. The molecular formula is C22H17ClN2O3S. The molecule has 1 N–H and O–H groups in total. The number of hydrogen-bond acceptors (Lipinski definition) is 4. The van der Waals surface area contributed by atoms with Crippen LogP contribution >= 0.6 is 11.6 Å². The van der Waals surface area contributed by atoms with Gasteiger partial charge in [-0.1, -0.05) is 41.9 Å². The molecule has 29 heavy (non-hydrogen) atoms. The molecule has 0 unspecified atom stereocenters. The largest absolute Gasteiger partial charge is 0.487 e. The van der Waals surface area contributed by atoms with Crippen LogP contribution in [0.1, 0.15) is 5.56 Å². The Bertz CT molecular complexity index is 1250. The Kier molecular flexibility index (Phi) is 5.38. The summed E-state index contributed by atoms with van der Waals surface area (Å²) in [6, 6.07) is 22.7. The van der Waals surface area contributed by atoms with E-state index in [-0.39, 0.29) is 11.5 Å². The van der Waals surface area contributed by atoms with E-state index in [0.717, 1.165) is 16.5 Å². The highest BCUT2D eigenvalue weighted by Gasteiger charge is 2.14. The summed E-state index contributed by atoms with van der Waals surface area (Å²) in [4.78, 5) is 4.52. The first kappa shape index (κ1) is 19.2. The van der Waals surface area contributed by atoms with Gasteiger partial charge in [-0.25, -0.2) is 8.42 Å². The fourth-order valence-corrected chi connectivity index (χ4v) is 4.08. The van der Waals surface area contributed by atoms with E-state index in [1.54, 1.807) is 36.5 Å². The number of nitrogens with zero attached hydrogens (tertiary/aromatic N) is 1. The Morgan fingerprint density at radius 2 is 1.69 bits per heavy atom. The SMILES string of the molecule is O=S(=O)(Nc1cccc(COc2cccc3cccnc23)c1)c1ccc(Cl)cc1. The second-order valence-corrected chi connectivity index (χ2v) is 8.50. The van der Waals surface area contributed by atoms with Crippen LogP contribution in [0.15, 0.2) is 90.0 Å². The van der Waals surface area contributed by atoms with Gasteiger partial charge in [0, 0.05) is 22.3 Å². The average Bonchev–Trinajstić information content (AvgIpc) is 2.72. The fraction of sp³-hybridized carbons (Fsp3) is 0.0455. The van der Waals surface area contributed by atoms with Gasteiger partial charge in [-0.2, -0.15) is 0 Å². The van der Waals surface area contributed by atoms with Crippen LogP contribution in [0.25, 0.3) is 10.9 Å². The van der Waals surface area contributed by atoms with Crippen LogP contribution in [0.4, 0.5) is 5.69 Å². The fourth-order valence-electron chi connectivity index (χ4n) is 2.91. The molecule has 0 fully saturated rings. The Labute approximate surface area is 174 Å². The van der Waals surface area contributed by atoms with Crippen molar-refractivity contribution in [3.8, 4) is 5.75 Å². The van der Waals surface area contributed by atoms with Crippen molar-refractivity contribution in [2.45, 2.75) is 11.5 Å². The van der Waals surface area contributed by atoms with Crippen molar-refractivity contribution >= 4 is 38.2 Å². The van der Waals surface area contributed by atoms with Gasteiger partial charge < -0.3 is 4.74 Å². The zero-order valence-corrected chi connectivity index (χ0v) is 16.8. The van der Waals surface area contributed by atoms with Crippen molar-refractivity contribution in [1.29, 1.82) is 0 Å². The molecule has 5 nitrogen and oxygen atoms in total. The van der Waals surface area contributed by atoms with Crippen molar-refractivity contribution in [1.82, 2.24) is 4.98 Å². The smallest absolute Gasteiger partial charge is 0.261 e. The first-order chi connectivity index (χ1) is 14.0. The highest BCUT2D eigenvalue weighted by atomic mass is 35.5. The van der Waals surface area contributed by atoms with Crippen LogP contribution in [0.3, 0.4) is 0 Å². The van der Waals surface area contributed by atoms with Gasteiger partial charge >= 0.3 is 0 Å². The van der Waals surface area contributed by atoms with Crippen LogP contribution in [0, 0.1) is 0 Å². The number of anilines is 1. The first-order valence-corrected chi connectivity index (χ1v) is 10.7. The van der Waals surface area contributed by atoms with Gasteiger partial charge in [-0.05, 0) is 54.1 Å². The number of ether oxygens (including phenoxy) is 1. The number of nitrogens with one attached hydrogen (secondary N) is 1. The molecule has 0 saturated heterocycles. The Morgan fingerprint density at radius 3 is 2.52 bits per heavy atom. The van der Waals surface area contributed by atoms with Crippen molar-refractivity contribution in [2.75, 3.05) is 4.72 Å². The number of sulfonamides is 1. The highest BCUT2D eigenvalue weighted by molar-refractivity contribution is 7.92. The summed E-state index contributed by atoms with van der Waals surface area (Å²) in [5.74, 6) is 0.676. The third-order valence-electron chi connectivity index (χ3n) is 4.29. The minimum atomic E-state index is -3.70. The van der Waals surface area contributed by atoms with E-state index in [1.165, 1.54) is 12.1 Å². The normalized spacial score (nSPS) is 11.3. The van der Waals surface area contributed by atoms with Gasteiger partial charge in [0.05, 0.1) is 4.90 Å². The van der Waals surface area contributed by atoms with E-state index in [2.05, 4.69) is 9.71 Å². The Balaban J connectivity index is 1.51. The summed E-state index contributed by atoms with van der Waals surface area (Å²) in [5.41, 5.74) is 2.07. The van der Waals surface area contributed by atoms with Gasteiger partial charge in [0.1, 0.15) is 17.9 Å². The summed E-state index contributed by atoms with van der Waals surface area (Å²) in [6.07, 6.45) is 1.72. The van der Waals surface area contributed by atoms with Gasteiger partial charge in [0.15, 0.2) is 0 Å². The molecule has 1 aromatic heterocycles. The van der Waals surface area contributed by atoms with E-state index in [1.807, 2.05) is 36.4 Å². The molecule has 3 aromatic carbocycles. The molecule has 7 heteroatoms.